The first kappa shape index (κ1) is 14.1. The summed E-state index contributed by atoms with van der Waals surface area (Å²) in [6.07, 6.45) is 1.26. The maximum atomic E-state index is 10.9. The predicted molar refractivity (Wildman–Crippen MR) is 76.8 cm³/mol. The number of ether oxygens (including phenoxy) is 1. The number of rotatable bonds is 6. The zero-order valence-electron chi connectivity index (χ0n) is 10.9. The van der Waals surface area contributed by atoms with Crippen molar-refractivity contribution in [3.8, 4) is 5.75 Å². The molecule has 6 heteroatoms. The lowest BCUT2D eigenvalue weighted by Gasteiger charge is -2.10. The van der Waals surface area contributed by atoms with Crippen molar-refractivity contribution >= 4 is 17.4 Å². The van der Waals surface area contributed by atoms with Gasteiger partial charge in [0.05, 0.1) is 12.0 Å². The second kappa shape index (κ2) is 6.77. The topological polar surface area (TPSA) is 64.4 Å². The number of nitrogens with zero attached hydrogens (tertiary/aromatic N) is 1. The molecule has 0 radical (unpaired) electrons. The van der Waals surface area contributed by atoms with Crippen LogP contribution in [0.2, 0.25) is 0 Å². The quantitative estimate of drug-likeness (QED) is 0.641. The number of nitro groups is 1. The Bertz CT molecular complexity index is 448. The summed E-state index contributed by atoms with van der Waals surface area (Å²) in [5.74, 6) is 3.51. The minimum absolute atomic E-state index is 0.0261. The Hall–Kier alpha value is -1.27. The zero-order chi connectivity index (χ0) is 13.7. The zero-order valence-corrected chi connectivity index (χ0v) is 11.7. The molecule has 1 heterocycles. The summed E-state index contributed by atoms with van der Waals surface area (Å²) >= 11 is 1.99. The lowest BCUT2D eigenvalue weighted by molar-refractivity contribution is -0.385. The molecule has 1 aliphatic heterocycles. The molecule has 0 bridgehead atoms. The monoisotopic (exact) mass is 282 g/mol. The standard InChI is InChI=1S/C13H18N2O3S/c1-18-13-3-2-10(6-12(13)15(16)17)7-14-8-11-4-5-19-9-11/h2-3,6,11,14H,4-5,7-9H2,1H3. The van der Waals surface area contributed by atoms with Crippen molar-refractivity contribution in [3.63, 3.8) is 0 Å². The van der Waals surface area contributed by atoms with Gasteiger partial charge in [-0.1, -0.05) is 6.07 Å². The first-order chi connectivity index (χ1) is 9.20. The molecule has 0 amide bonds. The molecule has 1 unspecified atom stereocenters. The van der Waals surface area contributed by atoms with Crippen molar-refractivity contribution < 1.29 is 9.66 Å². The van der Waals surface area contributed by atoms with E-state index >= 15 is 0 Å². The van der Waals surface area contributed by atoms with Crippen LogP contribution >= 0.6 is 11.8 Å². The number of nitrogens with one attached hydrogen (secondary N) is 1. The van der Waals surface area contributed by atoms with Crippen molar-refractivity contribution in [1.82, 2.24) is 5.32 Å². The number of hydrogen-bond donors (Lipinski definition) is 1. The van der Waals surface area contributed by atoms with Crippen LogP contribution in [-0.2, 0) is 6.54 Å². The average Bonchev–Trinajstić information content (AvgIpc) is 2.91. The fraction of sp³-hybridized carbons (Fsp3) is 0.538. The maximum absolute atomic E-state index is 10.9. The van der Waals surface area contributed by atoms with Gasteiger partial charge in [-0.15, -0.1) is 0 Å². The molecule has 1 aliphatic rings. The van der Waals surface area contributed by atoms with Crippen molar-refractivity contribution in [3.05, 3.63) is 33.9 Å². The summed E-state index contributed by atoms with van der Waals surface area (Å²) in [6.45, 7) is 1.64. The first-order valence-corrected chi connectivity index (χ1v) is 7.46. The Morgan fingerprint density at radius 1 is 1.58 bits per heavy atom. The van der Waals surface area contributed by atoms with Crippen LogP contribution in [0.15, 0.2) is 18.2 Å². The van der Waals surface area contributed by atoms with Crippen LogP contribution in [0.25, 0.3) is 0 Å². The van der Waals surface area contributed by atoms with Crippen molar-refractivity contribution in [1.29, 1.82) is 0 Å². The lowest BCUT2D eigenvalue weighted by Crippen LogP contribution is -2.22. The van der Waals surface area contributed by atoms with E-state index in [-0.39, 0.29) is 5.69 Å². The Labute approximate surface area is 116 Å². The van der Waals surface area contributed by atoms with Crippen molar-refractivity contribution in [2.45, 2.75) is 13.0 Å². The third kappa shape index (κ3) is 3.84. The van der Waals surface area contributed by atoms with E-state index in [1.807, 2.05) is 17.8 Å². The highest BCUT2D eigenvalue weighted by atomic mass is 32.2. The molecule has 1 N–H and O–H groups in total. The average molecular weight is 282 g/mol. The van der Waals surface area contributed by atoms with Gasteiger partial charge >= 0.3 is 5.69 Å². The van der Waals surface area contributed by atoms with Gasteiger partial charge in [0.15, 0.2) is 5.75 Å². The van der Waals surface area contributed by atoms with E-state index in [0.29, 0.717) is 12.3 Å². The summed E-state index contributed by atoms with van der Waals surface area (Å²) in [5.41, 5.74) is 0.941. The summed E-state index contributed by atoms with van der Waals surface area (Å²) < 4.78 is 4.98. The van der Waals surface area contributed by atoms with Crippen LogP contribution < -0.4 is 10.1 Å². The van der Waals surface area contributed by atoms with Crippen LogP contribution in [0.5, 0.6) is 5.75 Å². The van der Waals surface area contributed by atoms with Gasteiger partial charge in [0.1, 0.15) is 0 Å². The highest BCUT2D eigenvalue weighted by molar-refractivity contribution is 7.99. The fourth-order valence-corrected chi connectivity index (χ4v) is 3.44. The fourth-order valence-electron chi connectivity index (χ4n) is 2.15. The summed E-state index contributed by atoms with van der Waals surface area (Å²) in [4.78, 5) is 10.5. The van der Waals surface area contributed by atoms with E-state index in [4.69, 9.17) is 4.74 Å². The van der Waals surface area contributed by atoms with Gasteiger partial charge in [0.25, 0.3) is 0 Å². The van der Waals surface area contributed by atoms with E-state index in [0.717, 1.165) is 18.0 Å². The SMILES string of the molecule is COc1ccc(CNCC2CCSC2)cc1[N+](=O)[O-]. The van der Waals surface area contributed by atoms with Gasteiger partial charge in [-0.25, -0.2) is 0 Å². The molecule has 0 spiro atoms. The minimum atomic E-state index is -0.407. The van der Waals surface area contributed by atoms with Gasteiger partial charge in [0.2, 0.25) is 0 Å². The van der Waals surface area contributed by atoms with E-state index in [2.05, 4.69) is 5.32 Å². The summed E-state index contributed by atoms with van der Waals surface area (Å²) in [6, 6.07) is 5.10. The van der Waals surface area contributed by atoms with Gasteiger partial charge in [-0.3, -0.25) is 10.1 Å². The Balaban J connectivity index is 1.92. The Morgan fingerprint density at radius 3 is 3.05 bits per heavy atom. The molecule has 0 saturated carbocycles. The molecule has 5 nitrogen and oxygen atoms in total. The van der Waals surface area contributed by atoms with Crippen LogP contribution in [-0.4, -0.2) is 30.1 Å². The third-order valence-corrected chi connectivity index (χ3v) is 4.46. The van der Waals surface area contributed by atoms with Gasteiger partial charge < -0.3 is 10.1 Å². The molecular formula is C13H18N2O3S. The molecule has 19 heavy (non-hydrogen) atoms. The third-order valence-electron chi connectivity index (χ3n) is 3.23. The summed E-state index contributed by atoms with van der Waals surface area (Å²) in [7, 11) is 1.44. The largest absolute Gasteiger partial charge is 0.490 e. The maximum Gasteiger partial charge on any atom is 0.311 e. The molecule has 2 rings (SSSR count). The van der Waals surface area contributed by atoms with E-state index in [1.165, 1.54) is 25.0 Å². The van der Waals surface area contributed by atoms with Crippen LogP contribution in [0.1, 0.15) is 12.0 Å². The lowest BCUT2D eigenvalue weighted by atomic mass is 10.1. The molecule has 1 saturated heterocycles. The Morgan fingerprint density at radius 2 is 2.42 bits per heavy atom. The summed E-state index contributed by atoms with van der Waals surface area (Å²) in [5, 5.41) is 14.3. The molecule has 1 atom stereocenters. The Kier molecular flexibility index (Phi) is 5.04. The highest BCUT2D eigenvalue weighted by Gasteiger charge is 2.16. The molecule has 0 aromatic heterocycles. The van der Waals surface area contributed by atoms with E-state index in [1.54, 1.807) is 12.1 Å². The molecule has 1 aromatic rings. The van der Waals surface area contributed by atoms with Gasteiger partial charge in [0, 0.05) is 12.6 Å². The molecular weight excluding hydrogens is 264 g/mol. The number of hydrogen-bond acceptors (Lipinski definition) is 5. The number of methoxy groups -OCH3 is 1. The number of nitro benzene ring substituents is 1. The number of benzene rings is 1. The molecule has 1 aromatic carbocycles. The molecule has 0 aliphatic carbocycles. The second-order valence-electron chi connectivity index (χ2n) is 4.62. The van der Waals surface area contributed by atoms with Gasteiger partial charge in [-0.05, 0) is 42.0 Å². The van der Waals surface area contributed by atoms with Crippen molar-refractivity contribution in [2.75, 3.05) is 25.2 Å². The minimum Gasteiger partial charge on any atom is -0.490 e. The molecule has 1 fully saturated rings. The normalized spacial score (nSPS) is 18.5. The second-order valence-corrected chi connectivity index (χ2v) is 5.77. The van der Waals surface area contributed by atoms with Crippen LogP contribution in [0.4, 0.5) is 5.69 Å². The molecule has 104 valence electrons. The van der Waals surface area contributed by atoms with Crippen LogP contribution in [0.3, 0.4) is 0 Å². The highest BCUT2D eigenvalue weighted by Crippen LogP contribution is 2.27. The predicted octanol–water partition coefficient (Wildman–Crippen LogP) is 2.45. The smallest absolute Gasteiger partial charge is 0.311 e. The van der Waals surface area contributed by atoms with E-state index in [9.17, 15) is 10.1 Å². The van der Waals surface area contributed by atoms with E-state index < -0.39 is 4.92 Å². The van der Waals surface area contributed by atoms with Crippen molar-refractivity contribution in [2.24, 2.45) is 5.92 Å². The number of thioether (sulfide) groups is 1. The van der Waals surface area contributed by atoms with Gasteiger partial charge in [-0.2, -0.15) is 11.8 Å². The first-order valence-electron chi connectivity index (χ1n) is 6.30. The van der Waals surface area contributed by atoms with Crippen LogP contribution in [0, 0.1) is 16.0 Å².